The third kappa shape index (κ3) is 4.24. The number of carboxylic acids is 1. The van der Waals surface area contributed by atoms with Gasteiger partial charge in [-0.05, 0) is 38.0 Å². The van der Waals surface area contributed by atoms with Gasteiger partial charge in [-0.2, -0.15) is 0 Å². The summed E-state index contributed by atoms with van der Waals surface area (Å²) in [6.07, 6.45) is 0. The molecule has 0 saturated heterocycles. The molecule has 1 rings (SSSR count). The minimum absolute atomic E-state index is 0.342. The van der Waals surface area contributed by atoms with Crippen molar-refractivity contribution in [3.8, 4) is 0 Å². The molecule has 0 aromatic heterocycles. The normalized spacial score (nSPS) is 13.5. The van der Waals surface area contributed by atoms with Crippen molar-refractivity contribution in [3.05, 3.63) is 35.1 Å². The average Bonchev–Trinajstić information content (AvgIpc) is 2.32. The van der Waals surface area contributed by atoms with E-state index in [0.29, 0.717) is 11.1 Å². The largest absolute Gasteiger partial charge is 0.480 e. The predicted octanol–water partition coefficient (Wildman–Crippen LogP) is 1.97. The van der Waals surface area contributed by atoms with E-state index in [0.717, 1.165) is 0 Å². The van der Waals surface area contributed by atoms with E-state index in [4.69, 9.17) is 5.11 Å². The van der Waals surface area contributed by atoms with Gasteiger partial charge in [0.05, 0.1) is 6.04 Å². The second kappa shape index (κ2) is 6.17. The molecule has 6 heteroatoms. The lowest BCUT2D eigenvalue weighted by Gasteiger charge is -2.17. The molecule has 104 valence electrons. The molecule has 0 saturated carbocycles. The summed E-state index contributed by atoms with van der Waals surface area (Å²) in [5, 5.41) is 13.5. The zero-order valence-electron chi connectivity index (χ0n) is 11.0. The molecular formula is C13H17FN2O3. The first-order valence-electron chi connectivity index (χ1n) is 5.87. The van der Waals surface area contributed by atoms with Crippen LogP contribution in [0.15, 0.2) is 18.2 Å². The van der Waals surface area contributed by atoms with Gasteiger partial charge in [-0.25, -0.2) is 9.18 Å². The van der Waals surface area contributed by atoms with Crippen LogP contribution in [0.2, 0.25) is 0 Å². The van der Waals surface area contributed by atoms with Crippen LogP contribution in [0.5, 0.6) is 0 Å². The Balaban J connectivity index is 2.63. The Kier molecular flexibility index (Phi) is 4.86. The summed E-state index contributed by atoms with van der Waals surface area (Å²) < 4.78 is 13.4. The van der Waals surface area contributed by atoms with Crippen LogP contribution in [-0.2, 0) is 4.79 Å². The molecule has 5 nitrogen and oxygen atoms in total. The number of aryl methyl sites for hydroxylation is 1. The molecule has 0 aliphatic rings. The summed E-state index contributed by atoms with van der Waals surface area (Å²) >= 11 is 0. The lowest BCUT2D eigenvalue weighted by molar-refractivity contribution is -0.138. The minimum atomic E-state index is -1.12. The Bertz CT molecular complexity index is 491. The summed E-state index contributed by atoms with van der Waals surface area (Å²) in [6.45, 7) is 4.70. The molecule has 0 radical (unpaired) electrons. The third-order valence-corrected chi connectivity index (χ3v) is 2.76. The maximum Gasteiger partial charge on any atom is 0.325 e. The van der Waals surface area contributed by atoms with Crippen LogP contribution in [0.3, 0.4) is 0 Å². The van der Waals surface area contributed by atoms with E-state index in [-0.39, 0.29) is 5.82 Å². The van der Waals surface area contributed by atoms with Crippen LogP contribution >= 0.6 is 0 Å². The van der Waals surface area contributed by atoms with Gasteiger partial charge in [0, 0.05) is 0 Å². The number of urea groups is 1. The van der Waals surface area contributed by atoms with Gasteiger partial charge < -0.3 is 15.7 Å². The van der Waals surface area contributed by atoms with Crippen molar-refractivity contribution >= 4 is 12.0 Å². The highest BCUT2D eigenvalue weighted by Crippen LogP contribution is 2.16. The van der Waals surface area contributed by atoms with Gasteiger partial charge in [0.1, 0.15) is 11.9 Å². The van der Waals surface area contributed by atoms with E-state index in [2.05, 4.69) is 10.6 Å². The quantitative estimate of drug-likeness (QED) is 0.781. The Morgan fingerprint density at radius 3 is 2.42 bits per heavy atom. The molecule has 0 bridgehead atoms. The summed E-state index contributed by atoms with van der Waals surface area (Å²) in [5.74, 6) is -1.46. The van der Waals surface area contributed by atoms with E-state index < -0.39 is 24.1 Å². The molecule has 1 aromatic rings. The van der Waals surface area contributed by atoms with E-state index >= 15 is 0 Å². The van der Waals surface area contributed by atoms with E-state index in [1.807, 2.05) is 0 Å². The number of amides is 2. The first-order valence-corrected chi connectivity index (χ1v) is 5.87. The fraction of sp³-hybridized carbons (Fsp3) is 0.385. The van der Waals surface area contributed by atoms with Gasteiger partial charge in [0.15, 0.2) is 0 Å². The monoisotopic (exact) mass is 268 g/mol. The number of halogens is 1. The van der Waals surface area contributed by atoms with Crippen LogP contribution in [0.4, 0.5) is 9.18 Å². The Morgan fingerprint density at radius 1 is 1.26 bits per heavy atom. The van der Waals surface area contributed by atoms with Crippen LogP contribution in [0, 0.1) is 12.7 Å². The number of carboxylic acid groups (broad SMARTS) is 1. The molecule has 0 spiro atoms. The molecule has 2 atom stereocenters. The predicted molar refractivity (Wildman–Crippen MR) is 68.3 cm³/mol. The number of hydrogen-bond acceptors (Lipinski definition) is 2. The summed E-state index contributed by atoms with van der Waals surface area (Å²) in [6, 6.07) is 2.67. The highest BCUT2D eigenvalue weighted by atomic mass is 19.1. The van der Waals surface area contributed by atoms with Crippen molar-refractivity contribution in [2.45, 2.75) is 32.9 Å². The van der Waals surface area contributed by atoms with Crippen LogP contribution < -0.4 is 10.6 Å². The number of aliphatic carboxylic acids is 1. The highest BCUT2D eigenvalue weighted by molar-refractivity contribution is 5.82. The summed E-state index contributed by atoms with van der Waals surface area (Å²) in [4.78, 5) is 22.1. The van der Waals surface area contributed by atoms with Crippen LogP contribution in [0.25, 0.3) is 0 Å². The third-order valence-electron chi connectivity index (χ3n) is 2.76. The van der Waals surface area contributed by atoms with Gasteiger partial charge in [-0.3, -0.25) is 4.79 Å². The Morgan fingerprint density at radius 2 is 1.89 bits per heavy atom. The van der Waals surface area contributed by atoms with Gasteiger partial charge in [-0.15, -0.1) is 0 Å². The van der Waals surface area contributed by atoms with Crippen molar-refractivity contribution in [1.82, 2.24) is 10.6 Å². The van der Waals surface area contributed by atoms with Gasteiger partial charge >= 0.3 is 12.0 Å². The van der Waals surface area contributed by atoms with Crippen molar-refractivity contribution in [3.63, 3.8) is 0 Å². The summed E-state index contributed by atoms with van der Waals surface area (Å²) in [7, 11) is 0. The van der Waals surface area contributed by atoms with Gasteiger partial charge in [0.2, 0.25) is 0 Å². The fourth-order valence-corrected chi connectivity index (χ4v) is 1.46. The molecule has 0 fully saturated rings. The van der Waals surface area contributed by atoms with Crippen LogP contribution in [-0.4, -0.2) is 23.1 Å². The molecule has 0 aliphatic heterocycles. The van der Waals surface area contributed by atoms with E-state index in [1.165, 1.54) is 13.0 Å². The topological polar surface area (TPSA) is 78.4 Å². The van der Waals surface area contributed by atoms with Gasteiger partial charge in [0.25, 0.3) is 0 Å². The minimum Gasteiger partial charge on any atom is -0.480 e. The van der Waals surface area contributed by atoms with Crippen molar-refractivity contribution in [1.29, 1.82) is 0 Å². The first-order chi connectivity index (χ1) is 8.81. The molecule has 1 unspecified atom stereocenters. The molecule has 19 heavy (non-hydrogen) atoms. The lowest BCUT2D eigenvalue weighted by Crippen LogP contribution is -2.45. The van der Waals surface area contributed by atoms with E-state index in [1.54, 1.807) is 26.0 Å². The molecule has 0 aliphatic carbocycles. The standard InChI is InChI=1S/C13H17FN2O3/c1-7-4-5-10(6-11(7)14)8(2)15-13(19)16-9(3)12(17)18/h4-6,8-9H,1-3H3,(H,17,18)(H2,15,16,19)/t8?,9-/m1/s1. The number of carbonyl (C=O) groups excluding carboxylic acids is 1. The van der Waals surface area contributed by atoms with Gasteiger partial charge in [-0.1, -0.05) is 12.1 Å². The first kappa shape index (κ1) is 14.9. The second-order valence-electron chi connectivity index (χ2n) is 4.41. The second-order valence-corrected chi connectivity index (χ2v) is 4.41. The van der Waals surface area contributed by atoms with Crippen LogP contribution in [0.1, 0.15) is 31.0 Å². The fourth-order valence-electron chi connectivity index (χ4n) is 1.46. The molecule has 1 aromatic carbocycles. The molecule has 0 heterocycles. The number of nitrogens with one attached hydrogen (secondary N) is 2. The number of benzene rings is 1. The zero-order chi connectivity index (χ0) is 14.6. The smallest absolute Gasteiger partial charge is 0.325 e. The van der Waals surface area contributed by atoms with Crippen molar-refractivity contribution in [2.75, 3.05) is 0 Å². The zero-order valence-corrected chi connectivity index (χ0v) is 11.0. The average molecular weight is 268 g/mol. The number of rotatable bonds is 4. The molecule has 3 N–H and O–H groups in total. The van der Waals surface area contributed by atoms with Crippen molar-refractivity contribution < 1.29 is 19.1 Å². The maximum atomic E-state index is 13.4. The summed E-state index contributed by atoms with van der Waals surface area (Å²) in [5.41, 5.74) is 1.14. The Hall–Kier alpha value is -2.11. The number of hydrogen-bond donors (Lipinski definition) is 3. The SMILES string of the molecule is Cc1ccc(C(C)NC(=O)N[C@H](C)C(=O)O)cc1F. The molecular weight excluding hydrogens is 251 g/mol. The maximum absolute atomic E-state index is 13.4. The number of carbonyl (C=O) groups is 2. The Labute approximate surface area is 110 Å². The molecule has 2 amide bonds. The van der Waals surface area contributed by atoms with E-state index in [9.17, 15) is 14.0 Å². The highest BCUT2D eigenvalue weighted by Gasteiger charge is 2.16. The lowest BCUT2D eigenvalue weighted by atomic mass is 10.1. The van der Waals surface area contributed by atoms with Crippen molar-refractivity contribution in [2.24, 2.45) is 0 Å².